The van der Waals surface area contributed by atoms with Crippen LogP contribution in [0.4, 0.5) is 0 Å². The quantitative estimate of drug-likeness (QED) is 0.432. The predicted molar refractivity (Wildman–Crippen MR) is 116 cm³/mol. The van der Waals surface area contributed by atoms with Crippen molar-refractivity contribution in [3.63, 3.8) is 0 Å². The average Bonchev–Trinajstić information content (AvgIpc) is 2.75. The molecule has 0 aliphatic heterocycles. The second-order valence-corrected chi connectivity index (χ2v) is 7.56. The van der Waals surface area contributed by atoms with Gasteiger partial charge >= 0.3 is 0 Å². The van der Waals surface area contributed by atoms with Crippen molar-refractivity contribution in [3.05, 3.63) is 95.1 Å². The van der Waals surface area contributed by atoms with Crippen LogP contribution in [0.25, 0.3) is 0 Å². The van der Waals surface area contributed by atoms with E-state index in [0.717, 1.165) is 12.8 Å². The third-order valence-electron chi connectivity index (χ3n) is 5.30. The summed E-state index contributed by atoms with van der Waals surface area (Å²) in [6.45, 7) is 4.42. The topological polar surface area (TPSA) is 66.0 Å². The molecule has 0 bridgehead atoms. The van der Waals surface area contributed by atoms with Gasteiger partial charge in [-0.15, -0.1) is 10.5 Å². The number of nitrogens with zero attached hydrogens (tertiary/aromatic N) is 2. The Hall–Kier alpha value is -3.76. The van der Waals surface area contributed by atoms with Crippen LogP contribution in [-0.4, -0.2) is 0 Å². The summed E-state index contributed by atoms with van der Waals surface area (Å²) in [7, 11) is 0. The van der Waals surface area contributed by atoms with Gasteiger partial charge in [0.1, 0.15) is 11.5 Å². The lowest BCUT2D eigenvalue weighted by Gasteiger charge is -2.15. The lowest BCUT2D eigenvalue weighted by atomic mass is 9.90. The summed E-state index contributed by atoms with van der Waals surface area (Å²) in [5.74, 6) is 1.86. The van der Waals surface area contributed by atoms with Crippen LogP contribution in [0.15, 0.2) is 72.8 Å². The third kappa shape index (κ3) is 5.63. The molecule has 0 unspecified atom stereocenters. The first-order chi connectivity index (χ1) is 14.6. The minimum absolute atomic E-state index is 0.362. The predicted octanol–water partition coefficient (Wildman–Crippen LogP) is 6.10. The Morgan fingerprint density at radius 1 is 0.667 bits per heavy atom. The van der Waals surface area contributed by atoms with E-state index >= 15 is 0 Å². The van der Waals surface area contributed by atoms with Crippen LogP contribution in [0, 0.1) is 23.0 Å². The van der Waals surface area contributed by atoms with E-state index in [2.05, 4.69) is 38.1 Å². The molecule has 0 aromatic heterocycles. The number of hydrogen-bond acceptors (Lipinski definition) is 4. The number of ether oxygens (including phenoxy) is 2. The molecule has 0 amide bonds. The van der Waals surface area contributed by atoms with E-state index in [1.807, 2.05) is 48.5 Å². The molecule has 0 fully saturated rings. The molecule has 3 rings (SSSR count). The molecule has 0 saturated carbocycles. The molecule has 0 aliphatic carbocycles. The standard InChI is InChI=1S/C26H24N2O2/c1-19(23-6-10-25(11-7-23)29-17-27)14-21-4-3-5-22(16-21)15-20(2)24-8-12-26(13-9-24)30-18-28/h3-13,16,19-20H,14-15H2,1-2H3/t19-,20-/m0/s1. The summed E-state index contributed by atoms with van der Waals surface area (Å²) >= 11 is 0. The largest absolute Gasteiger partial charge is 0.388 e. The smallest absolute Gasteiger partial charge is 0.292 e. The lowest BCUT2D eigenvalue weighted by Crippen LogP contribution is -2.02. The fourth-order valence-electron chi connectivity index (χ4n) is 3.66. The molecule has 0 spiro atoms. The first kappa shape index (κ1) is 21.0. The molecule has 4 heteroatoms. The molecule has 4 nitrogen and oxygen atoms in total. The zero-order valence-corrected chi connectivity index (χ0v) is 17.2. The highest BCUT2D eigenvalue weighted by Gasteiger charge is 2.10. The number of benzene rings is 3. The summed E-state index contributed by atoms with van der Waals surface area (Å²) in [4.78, 5) is 0. The lowest BCUT2D eigenvalue weighted by molar-refractivity contribution is 0.506. The molecule has 0 saturated heterocycles. The van der Waals surface area contributed by atoms with Crippen molar-refractivity contribution in [1.29, 1.82) is 10.5 Å². The highest BCUT2D eigenvalue weighted by molar-refractivity contribution is 5.34. The van der Waals surface area contributed by atoms with Crippen LogP contribution in [0.5, 0.6) is 11.5 Å². The Balaban J connectivity index is 1.63. The second kappa shape index (κ2) is 10.1. The molecule has 150 valence electrons. The minimum Gasteiger partial charge on any atom is -0.388 e. The maximum atomic E-state index is 8.60. The van der Waals surface area contributed by atoms with Crippen molar-refractivity contribution in [3.8, 4) is 24.0 Å². The van der Waals surface area contributed by atoms with Gasteiger partial charge in [-0.2, -0.15) is 0 Å². The molecule has 2 atom stereocenters. The van der Waals surface area contributed by atoms with Crippen LogP contribution in [-0.2, 0) is 12.8 Å². The van der Waals surface area contributed by atoms with Crippen molar-refractivity contribution in [2.75, 3.05) is 0 Å². The van der Waals surface area contributed by atoms with Crippen molar-refractivity contribution >= 4 is 0 Å². The minimum atomic E-state index is 0.362. The summed E-state index contributed by atoms with van der Waals surface area (Å²) in [6, 6.07) is 24.2. The fourth-order valence-corrected chi connectivity index (χ4v) is 3.66. The van der Waals surface area contributed by atoms with Gasteiger partial charge in [0.25, 0.3) is 12.5 Å². The molecular formula is C26H24N2O2. The van der Waals surface area contributed by atoms with Crippen molar-refractivity contribution in [2.24, 2.45) is 0 Å². The zero-order chi connectivity index (χ0) is 21.3. The van der Waals surface area contributed by atoms with E-state index in [1.54, 1.807) is 12.5 Å². The number of hydrogen-bond donors (Lipinski definition) is 0. The van der Waals surface area contributed by atoms with Gasteiger partial charge in [0.15, 0.2) is 0 Å². The van der Waals surface area contributed by atoms with Gasteiger partial charge in [-0.25, -0.2) is 0 Å². The van der Waals surface area contributed by atoms with E-state index in [4.69, 9.17) is 20.0 Å². The Bertz CT molecular complexity index is 961. The SMILES string of the molecule is C[C@@H](Cc1cccc(C[C@H](C)c2ccc(OC#N)cc2)c1)c1ccc(OC#N)cc1. The van der Waals surface area contributed by atoms with E-state index in [1.165, 1.54) is 22.3 Å². The molecular weight excluding hydrogens is 372 g/mol. The Morgan fingerprint density at radius 2 is 1.07 bits per heavy atom. The molecule has 0 radical (unpaired) electrons. The Morgan fingerprint density at radius 3 is 1.43 bits per heavy atom. The third-order valence-corrected chi connectivity index (χ3v) is 5.30. The highest BCUT2D eigenvalue weighted by Crippen LogP contribution is 2.26. The number of nitriles is 2. The van der Waals surface area contributed by atoms with Gasteiger partial charge < -0.3 is 9.47 Å². The molecule has 30 heavy (non-hydrogen) atoms. The van der Waals surface area contributed by atoms with Crippen molar-refractivity contribution in [2.45, 2.75) is 38.5 Å². The molecule has 0 heterocycles. The van der Waals surface area contributed by atoms with E-state index in [-0.39, 0.29) is 0 Å². The van der Waals surface area contributed by atoms with Gasteiger partial charge in [-0.3, -0.25) is 0 Å². The average molecular weight is 396 g/mol. The van der Waals surface area contributed by atoms with Crippen molar-refractivity contribution in [1.82, 2.24) is 0 Å². The Labute approximate surface area is 177 Å². The first-order valence-electron chi connectivity index (χ1n) is 9.98. The van der Waals surface area contributed by atoms with Crippen LogP contribution in [0.3, 0.4) is 0 Å². The summed E-state index contributed by atoms with van der Waals surface area (Å²) < 4.78 is 9.70. The number of rotatable bonds is 8. The summed E-state index contributed by atoms with van der Waals surface area (Å²) in [5.41, 5.74) is 5.06. The van der Waals surface area contributed by atoms with Gasteiger partial charge in [-0.1, -0.05) is 62.4 Å². The molecule has 0 N–H and O–H groups in total. The van der Waals surface area contributed by atoms with Gasteiger partial charge in [0.2, 0.25) is 0 Å². The fraction of sp³-hybridized carbons (Fsp3) is 0.231. The van der Waals surface area contributed by atoms with Gasteiger partial charge in [-0.05, 0) is 71.2 Å². The normalized spacial score (nSPS) is 12.3. The van der Waals surface area contributed by atoms with Crippen LogP contribution < -0.4 is 9.47 Å². The maximum absolute atomic E-state index is 8.60. The van der Waals surface area contributed by atoms with Crippen LogP contribution in [0.2, 0.25) is 0 Å². The van der Waals surface area contributed by atoms with Gasteiger partial charge in [0, 0.05) is 0 Å². The molecule has 3 aromatic rings. The monoisotopic (exact) mass is 396 g/mol. The van der Waals surface area contributed by atoms with Crippen molar-refractivity contribution < 1.29 is 9.47 Å². The maximum Gasteiger partial charge on any atom is 0.292 e. The highest BCUT2D eigenvalue weighted by atomic mass is 16.5. The van der Waals surface area contributed by atoms with Gasteiger partial charge in [0.05, 0.1) is 0 Å². The summed E-state index contributed by atoms with van der Waals surface area (Å²) in [6.07, 6.45) is 5.28. The van der Waals surface area contributed by atoms with E-state index in [9.17, 15) is 0 Å². The first-order valence-corrected chi connectivity index (χ1v) is 9.98. The Kier molecular flexibility index (Phi) is 7.09. The molecule has 3 aromatic carbocycles. The zero-order valence-electron chi connectivity index (χ0n) is 17.2. The summed E-state index contributed by atoms with van der Waals surface area (Å²) in [5, 5.41) is 17.2. The van der Waals surface area contributed by atoms with Crippen LogP contribution >= 0.6 is 0 Å². The van der Waals surface area contributed by atoms with E-state index in [0.29, 0.717) is 23.3 Å². The van der Waals surface area contributed by atoms with E-state index < -0.39 is 0 Å². The second-order valence-electron chi connectivity index (χ2n) is 7.56. The van der Waals surface area contributed by atoms with Crippen LogP contribution in [0.1, 0.15) is 47.9 Å². The molecule has 0 aliphatic rings.